The van der Waals surface area contributed by atoms with Crippen LogP contribution in [0.2, 0.25) is 0 Å². The Hall–Kier alpha value is -0.380. The Morgan fingerprint density at radius 3 is 2.56 bits per heavy atom. The van der Waals surface area contributed by atoms with Crippen molar-refractivity contribution in [2.45, 2.75) is 25.8 Å². The Kier molecular flexibility index (Phi) is 4.96. The standard InChI is InChI=1S/C13H21BrN2/c1-4-13(15,10-16(3)5-2)11-7-6-8-12(14)9-11/h6-9H,4-5,10,15H2,1-3H3. The van der Waals surface area contributed by atoms with Crippen LogP contribution >= 0.6 is 15.9 Å². The molecule has 1 atom stereocenters. The van der Waals surface area contributed by atoms with E-state index in [1.54, 1.807) is 0 Å². The molecule has 0 aliphatic rings. The maximum Gasteiger partial charge on any atom is 0.0536 e. The molecule has 0 aromatic heterocycles. The lowest BCUT2D eigenvalue weighted by molar-refractivity contribution is 0.250. The van der Waals surface area contributed by atoms with Gasteiger partial charge in [-0.1, -0.05) is 41.9 Å². The number of halogens is 1. The summed E-state index contributed by atoms with van der Waals surface area (Å²) in [6, 6.07) is 8.30. The second-order valence-corrected chi connectivity index (χ2v) is 5.27. The third-order valence-corrected chi connectivity index (χ3v) is 3.62. The summed E-state index contributed by atoms with van der Waals surface area (Å²) < 4.78 is 1.09. The predicted molar refractivity (Wildman–Crippen MR) is 73.5 cm³/mol. The van der Waals surface area contributed by atoms with Gasteiger partial charge in [-0.2, -0.15) is 0 Å². The van der Waals surface area contributed by atoms with Gasteiger partial charge in [-0.05, 0) is 37.7 Å². The van der Waals surface area contributed by atoms with E-state index in [9.17, 15) is 0 Å². The molecule has 0 spiro atoms. The van der Waals surface area contributed by atoms with Crippen molar-refractivity contribution in [3.8, 4) is 0 Å². The second kappa shape index (κ2) is 5.80. The monoisotopic (exact) mass is 284 g/mol. The topological polar surface area (TPSA) is 29.3 Å². The second-order valence-electron chi connectivity index (χ2n) is 4.35. The zero-order chi connectivity index (χ0) is 12.2. The van der Waals surface area contributed by atoms with Gasteiger partial charge in [0.05, 0.1) is 5.54 Å². The molecule has 2 N–H and O–H groups in total. The molecular weight excluding hydrogens is 264 g/mol. The highest BCUT2D eigenvalue weighted by Gasteiger charge is 2.26. The van der Waals surface area contributed by atoms with Crippen molar-refractivity contribution < 1.29 is 0 Å². The Morgan fingerprint density at radius 2 is 2.06 bits per heavy atom. The highest BCUT2D eigenvalue weighted by molar-refractivity contribution is 9.10. The van der Waals surface area contributed by atoms with Crippen LogP contribution in [0.4, 0.5) is 0 Å². The Labute approximate surface area is 107 Å². The van der Waals surface area contributed by atoms with E-state index < -0.39 is 0 Å². The lowest BCUT2D eigenvalue weighted by Gasteiger charge is -2.33. The van der Waals surface area contributed by atoms with Gasteiger partial charge in [0.25, 0.3) is 0 Å². The molecule has 0 aliphatic heterocycles. The van der Waals surface area contributed by atoms with Crippen LogP contribution in [-0.2, 0) is 5.54 Å². The molecule has 1 aromatic rings. The molecule has 0 saturated carbocycles. The summed E-state index contributed by atoms with van der Waals surface area (Å²) in [6.45, 7) is 6.20. The third-order valence-electron chi connectivity index (χ3n) is 3.12. The summed E-state index contributed by atoms with van der Waals surface area (Å²) in [5, 5.41) is 0. The maximum atomic E-state index is 6.50. The number of nitrogens with two attached hydrogens (primary N) is 1. The number of likely N-dealkylation sites (N-methyl/N-ethyl adjacent to an activating group) is 1. The van der Waals surface area contributed by atoms with E-state index in [-0.39, 0.29) is 5.54 Å². The van der Waals surface area contributed by atoms with Gasteiger partial charge in [-0.25, -0.2) is 0 Å². The lowest BCUT2D eigenvalue weighted by atomic mass is 9.88. The fourth-order valence-electron chi connectivity index (χ4n) is 1.80. The van der Waals surface area contributed by atoms with E-state index in [1.165, 1.54) is 5.56 Å². The number of rotatable bonds is 5. The number of hydrogen-bond acceptors (Lipinski definition) is 2. The summed E-state index contributed by atoms with van der Waals surface area (Å²) in [7, 11) is 2.11. The van der Waals surface area contributed by atoms with Gasteiger partial charge in [-0.3, -0.25) is 0 Å². The van der Waals surface area contributed by atoms with Crippen LogP contribution in [0.1, 0.15) is 25.8 Å². The van der Waals surface area contributed by atoms with Gasteiger partial charge in [0.2, 0.25) is 0 Å². The van der Waals surface area contributed by atoms with Crippen molar-refractivity contribution in [3.05, 3.63) is 34.3 Å². The fraction of sp³-hybridized carbons (Fsp3) is 0.538. The predicted octanol–water partition coefficient (Wildman–Crippen LogP) is 2.96. The zero-order valence-corrected chi connectivity index (χ0v) is 11.9. The van der Waals surface area contributed by atoms with Crippen molar-refractivity contribution in [1.82, 2.24) is 4.90 Å². The van der Waals surface area contributed by atoms with Crippen LogP contribution in [0.5, 0.6) is 0 Å². The van der Waals surface area contributed by atoms with Crippen molar-refractivity contribution >= 4 is 15.9 Å². The first-order valence-electron chi connectivity index (χ1n) is 5.75. The van der Waals surface area contributed by atoms with Crippen molar-refractivity contribution in [2.75, 3.05) is 20.1 Å². The third kappa shape index (κ3) is 3.30. The fourth-order valence-corrected chi connectivity index (χ4v) is 2.20. The van der Waals surface area contributed by atoms with Crippen LogP contribution in [-0.4, -0.2) is 25.0 Å². The van der Waals surface area contributed by atoms with Crippen LogP contribution < -0.4 is 5.73 Å². The molecule has 0 fully saturated rings. The maximum absolute atomic E-state index is 6.50. The average molecular weight is 285 g/mol. The lowest BCUT2D eigenvalue weighted by Crippen LogP contribution is -2.46. The number of nitrogens with zero attached hydrogens (tertiary/aromatic N) is 1. The zero-order valence-electron chi connectivity index (χ0n) is 10.3. The van der Waals surface area contributed by atoms with Gasteiger partial charge in [0, 0.05) is 11.0 Å². The van der Waals surface area contributed by atoms with Crippen molar-refractivity contribution in [2.24, 2.45) is 5.73 Å². The molecule has 0 saturated heterocycles. The van der Waals surface area contributed by atoms with Gasteiger partial charge in [0.15, 0.2) is 0 Å². The minimum atomic E-state index is -0.255. The first-order chi connectivity index (χ1) is 7.51. The number of benzene rings is 1. The largest absolute Gasteiger partial charge is 0.320 e. The quantitative estimate of drug-likeness (QED) is 0.901. The molecule has 1 rings (SSSR count). The molecule has 2 nitrogen and oxygen atoms in total. The summed E-state index contributed by atoms with van der Waals surface area (Å²) >= 11 is 3.50. The normalized spacial score (nSPS) is 15.1. The summed E-state index contributed by atoms with van der Waals surface area (Å²) in [5.41, 5.74) is 7.44. The highest BCUT2D eigenvalue weighted by atomic mass is 79.9. The highest BCUT2D eigenvalue weighted by Crippen LogP contribution is 2.25. The molecule has 1 aromatic carbocycles. The molecule has 1 unspecified atom stereocenters. The van der Waals surface area contributed by atoms with Gasteiger partial charge in [0.1, 0.15) is 0 Å². The Morgan fingerprint density at radius 1 is 1.38 bits per heavy atom. The molecule has 90 valence electrons. The molecule has 0 amide bonds. The van der Waals surface area contributed by atoms with Crippen LogP contribution in [0.25, 0.3) is 0 Å². The molecule has 16 heavy (non-hydrogen) atoms. The first kappa shape index (κ1) is 13.7. The average Bonchev–Trinajstić information content (AvgIpc) is 2.28. The van der Waals surface area contributed by atoms with E-state index in [0.717, 1.165) is 24.0 Å². The van der Waals surface area contributed by atoms with E-state index in [1.807, 2.05) is 12.1 Å². The van der Waals surface area contributed by atoms with Gasteiger partial charge >= 0.3 is 0 Å². The summed E-state index contributed by atoms with van der Waals surface area (Å²) in [6.07, 6.45) is 0.938. The van der Waals surface area contributed by atoms with Gasteiger partial charge < -0.3 is 10.6 Å². The SMILES string of the molecule is CCN(C)CC(N)(CC)c1cccc(Br)c1. The van der Waals surface area contributed by atoms with Crippen molar-refractivity contribution in [3.63, 3.8) is 0 Å². The molecule has 0 radical (unpaired) electrons. The van der Waals surface area contributed by atoms with Crippen molar-refractivity contribution in [1.29, 1.82) is 0 Å². The molecule has 0 heterocycles. The summed E-state index contributed by atoms with van der Waals surface area (Å²) in [4.78, 5) is 2.25. The van der Waals surface area contributed by atoms with E-state index >= 15 is 0 Å². The summed E-state index contributed by atoms with van der Waals surface area (Å²) in [5.74, 6) is 0. The smallest absolute Gasteiger partial charge is 0.0536 e. The molecule has 0 aliphatic carbocycles. The molecule has 3 heteroatoms. The minimum Gasteiger partial charge on any atom is -0.320 e. The first-order valence-corrected chi connectivity index (χ1v) is 6.54. The van der Waals surface area contributed by atoms with Crippen LogP contribution in [0.15, 0.2) is 28.7 Å². The Bertz CT molecular complexity index is 340. The van der Waals surface area contributed by atoms with E-state index in [0.29, 0.717) is 0 Å². The minimum absolute atomic E-state index is 0.255. The van der Waals surface area contributed by atoms with E-state index in [4.69, 9.17) is 5.73 Å². The van der Waals surface area contributed by atoms with E-state index in [2.05, 4.69) is 53.9 Å². The number of hydrogen-bond donors (Lipinski definition) is 1. The Balaban J connectivity index is 2.95. The van der Waals surface area contributed by atoms with Gasteiger partial charge in [-0.15, -0.1) is 0 Å². The van der Waals surface area contributed by atoms with Crippen LogP contribution in [0, 0.1) is 0 Å². The molecule has 0 bridgehead atoms. The molecular formula is C13H21BrN2. The van der Waals surface area contributed by atoms with Crippen LogP contribution in [0.3, 0.4) is 0 Å².